The van der Waals surface area contributed by atoms with E-state index in [1.54, 1.807) is 24.3 Å². The Kier molecular flexibility index (Phi) is 5.22. The summed E-state index contributed by atoms with van der Waals surface area (Å²) in [7, 11) is 0. The highest BCUT2D eigenvalue weighted by Gasteiger charge is 2.10. The molecule has 0 radical (unpaired) electrons. The fraction of sp³-hybridized carbons (Fsp3) is 0.375. The second-order valence-electron chi connectivity index (χ2n) is 5.16. The standard InChI is InChI=1S/C16H19N3O2/c1-12-3-2-4-14(9-12)18-19-16(20)11-21-15-7-5-13(10-17)6-8-15/h5-9,12,18H,2-4,11H2,1H3,(H,19,20)/t12-/m0/s1. The van der Waals surface area contributed by atoms with Gasteiger partial charge in [0.2, 0.25) is 0 Å². The topological polar surface area (TPSA) is 74.2 Å². The van der Waals surface area contributed by atoms with Crippen LogP contribution in [0.4, 0.5) is 0 Å². The molecule has 0 bridgehead atoms. The lowest BCUT2D eigenvalue weighted by molar-refractivity contribution is -0.123. The monoisotopic (exact) mass is 285 g/mol. The molecule has 5 heteroatoms. The maximum atomic E-state index is 11.7. The molecule has 110 valence electrons. The van der Waals surface area contributed by atoms with E-state index < -0.39 is 0 Å². The van der Waals surface area contributed by atoms with E-state index in [9.17, 15) is 4.79 Å². The molecule has 0 spiro atoms. The number of hydrogen-bond donors (Lipinski definition) is 2. The third-order valence-electron chi connectivity index (χ3n) is 3.31. The molecule has 0 saturated carbocycles. The highest BCUT2D eigenvalue weighted by Crippen LogP contribution is 2.19. The fourth-order valence-electron chi connectivity index (χ4n) is 2.19. The van der Waals surface area contributed by atoms with Crippen molar-refractivity contribution >= 4 is 5.91 Å². The lowest BCUT2D eigenvalue weighted by atomic mass is 9.96. The van der Waals surface area contributed by atoms with Crippen molar-refractivity contribution in [2.45, 2.75) is 26.2 Å². The summed E-state index contributed by atoms with van der Waals surface area (Å²) in [6, 6.07) is 8.68. The van der Waals surface area contributed by atoms with E-state index in [2.05, 4.69) is 23.9 Å². The van der Waals surface area contributed by atoms with Crippen molar-refractivity contribution in [3.05, 3.63) is 41.6 Å². The van der Waals surface area contributed by atoms with Crippen LogP contribution >= 0.6 is 0 Å². The highest BCUT2D eigenvalue weighted by molar-refractivity contribution is 5.77. The van der Waals surface area contributed by atoms with Gasteiger partial charge in [-0.1, -0.05) is 13.0 Å². The molecule has 0 saturated heterocycles. The van der Waals surface area contributed by atoms with Gasteiger partial charge in [0.25, 0.3) is 5.91 Å². The van der Waals surface area contributed by atoms with Gasteiger partial charge < -0.3 is 10.2 Å². The van der Waals surface area contributed by atoms with Gasteiger partial charge in [-0.05, 0) is 49.4 Å². The Morgan fingerprint density at radius 3 is 2.86 bits per heavy atom. The van der Waals surface area contributed by atoms with Crippen molar-refractivity contribution in [2.24, 2.45) is 5.92 Å². The lowest BCUT2D eigenvalue weighted by Crippen LogP contribution is -2.40. The van der Waals surface area contributed by atoms with Crippen LogP contribution in [0, 0.1) is 17.2 Å². The number of carbonyl (C=O) groups excluding carboxylic acids is 1. The molecule has 21 heavy (non-hydrogen) atoms. The third kappa shape index (κ3) is 4.84. The number of hydrazine groups is 1. The number of carbonyl (C=O) groups is 1. The quantitative estimate of drug-likeness (QED) is 0.814. The zero-order chi connectivity index (χ0) is 15.1. The predicted molar refractivity (Wildman–Crippen MR) is 79.0 cm³/mol. The highest BCUT2D eigenvalue weighted by atomic mass is 16.5. The van der Waals surface area contributed by atoms with Gasteiger partial charge in [0.1, 0.15) is 5.75 Å². The number of allylic oxidation sites excluding steroid dienone is 2. The number of nitrogens with one attached hydrogen (secondary N) is 2. The Balaban J connectivity index is 1.73. The molecule has 2 N–H and O–H groups in total. The molecule has 5 nitrogen and oxygen atoms in total. The molecule has 1 aromatic rings. The van der Waals surface area contributed by atoms with Crippen LogP contribution in [0.5, 0.6) is 5.75 Å². The van der Waals surface area contributed by atoms with Crippen LogP contribution in [0.1, 0.15) is 31.7 Å². The Morgan fingerprint density at radius 1 is 1.43 bits per heavy atom. The maximum absolute atomic E-state index is 11.7. The summed E-state index contributed by atoms with van der Waals surface area (Å²) in [5.74, 6) is 0.876. The van der Waals surface area contributed by atoms with Crippen LogP contribution in [0.15, 0.2) is 36.0 Å². The minimum atomic E-state index is -0.238. The van der Waals surface area contributed by atoms with Gasteiger partial charge in [-0.2, -0.15) is 5.26 Å². The second kappa shape index (κ2) is 7.34. The van der Waals surface area contributed by atoms with E-state index in [1.807, 2.05) is 6.07 Å². The maximum Gasteiger partial charge on any atom is 0.276 e. The smallest absolute Gasteiger partial charge is 0.276 e. The first kappa shape index (κ1) is 14.9. The van der Waals surface area contributed by atoms with Gasteiger partial charge in [-0.25, -0.2) is 0 Å². The van der Waals surface area contributed by atoms with Gasteiger partial charge in [0, 0.05) is 5.70 Å². The van der Waals surface area contributed by atoms with Crippen molar-refractivity contribution in [3.8, 4) is 11.8 Å². The van der Waals surface area contributed by atoms with Crippen molar-refractivity contribution < 1.29 is 9.53 Å². The van der Waals surface area contributed by atoms with Gasteiger partial charge in [0.05, 0.1) is 11.6 Å². The number of amides is 1. The van der Waals surface area contributed by atoms with Gasteiger partial charge in [-0.15, -0.1) is 0 Å². The molecule has 1 aromatic carbocycles. The van der Waals surface area contributed by atoms with Crippen LogP contribution in [-0.2, 0) is 4.79 Å². The molecule has 0 heterocycles. The molecule has 1 aliphatic rings. The molecule has 0 aromatic heterocycles. The lowest BCUT2D eigenvalue weighted by Gasteiger charge is -2.19. The van der Waals surface area contributed by atoms with E-state index in [4.69, 9.17) is 10.00 Å². The van der Waals surface area contributed by atoms with Crippen molar-refractivity contribution in [3.63, 3.8) is 0 Å². The van der Waals surface area contributed by atoms with E-state index in [0.29, 0.717) is 17.2 Å². The first-order chi connectivity index (χ1) is 10.2. The first-order valence-electron chi connectivity index (χ1n) is 7.06. The number of nitriles is 1. The Hall–Kier alpha value is -2.48. The summed E-state index contributed by atoms with van der Waals surface area (Å²) in [6.07, 6.45) is 5.44. The summed E-state index contributed by atoms with van der Waals surface area (Å²) < 4.78 is 5.35. The number of nitrogens with zero attached hydrogens (tertiary/aromatic N) is 1. The average Bonchev–Trinajstić information content (AvgIpc) is 2.51. The first-order valence-corrected chi connectivity index (χ1v) is 7.06. The summed E-state index contributed by atoms with van der Waals surface area (Å²) in [4.78, 5) is 11.7. The largest absolute Gasteiger partial charge is 0.484 e. The number of benzene rings is 1. The number of hydrogen-bond acceptors (Lipinski definition) is 4. The van der Waals surface area contributed by atoms with Crippen molar-refractivity contribution in [1.29, 1.82) is 5.26 Å². The van der Waals surface area contributed by atoms with Gasteiger partial charge in [-0.3, -0.25) is 10.2 Å². The SMILES string of the molecule is C[C@@H]1C=C(NNC(=O)COc2ccc(C#N)cc2)CCC1. The Bertz CT molecular complexity index is 558. The molecule has 1 amide bonds. The van der Waals surface area contributed by atoms with Gasteiger partial charge >= 0.3 is 0 Å². The second-order valence-corrected chi connectivity index (χ2v) is 5.16. The van der Waals surface area contributed by atoms with E-state index in [0.717, 1.165) is 18.5 Å². The van der Waals surface area contributed by atoms with Crippen LogP contribution in [-0.4, -0.2) is 12.5 Å². The number of rotatable bonds is 5. The van der Waals surface area contributed by atoms with Crippen LogP contribution in [0.25, 0.3) is 0 Å². The Morgan fingerprint density at radius 2 is 2.19 bits per heavy atom. The minimum Gasteiger partial charge on any atom is -0.484 e. The molecular formula is C16H19N3O2. The average molecular weight is 285 g/mol. The van der Waals surface area contributed by atoms with Crippen LogP contribution in [0.2, 0.25) is 0 Å². The van der Waals surface area contributed by atoms with Gasteiger partial charge in [0.15, 0.2) is 6.61 Å². The normalized spacial score (nSPS) is 17.3. The summed E-state index contributed by atoms with van der Waals surface area (Å²) in [5.41, 5.74) is 7.19. The van der Waals surface area contributed by atoms with Crippen molar-refractivity contribution in [1.82, 2.24) is 10.9 Å². The summed E-state index contributed by atoms with van der Waals surface area (Å²) >= 11 is 0. The Labute approximate surface area is 124 Å². The molecule has 0 unspecified atom stereocenters. The molecule has 0 aliphatic heterocycles. The van der Waals surface area contributed by atoms with Crippen LogP contribution < -0.4 is 15.6 Å². The zero-order valence-electron chi connectivity index (χ0n) is 12.1. The molecule has 0 fully saturated rings. The minimum absolute atomic E-state index is 0.0677. The zero-order valence-corrected chi connectivity index (χ0v) is 12.1. The molecule has 1 aliphatic carbocycles. The molecule has 2 rings (SSSR count). The van der Waals surface area contributed by atoms with E-state index in [-0.39, 0.29) is 12.5 Å². The van der Waals surface area contributed by atoms with Crippen LogP contribution in [0.3, 0.4) is 0 Å². The van der Waals surface area contributed by atoms with E-state index in [1.165, 1.54) is 6.42 Å². The number of ether oxygens (including phenoxy) is 1. The molecular weight excluding hydrogens is 266 g/mol. The predicted octanol–water partition coefficient (Wildman–Crippen LogP) is 2.26. The third-order valence-corrected chi connectivity index (χ3v) is 3.31. The van der Waals surface area contributed by atoms with Crippen molar-refractivity contribution in [2.75, 3.05) is 6.61 Å². The fourth-order valence-corrected chi connectivity index (χ4v) is 2.19. The van der Waals surface area contributed by atoms with E-state index >= 15 is 0 Å². The summed E-state index contributed by atoms with van der Waals surface area (Å²) in [5, 5.41) is 8.69. The molecule has 1 atom stereocenters. The summed E-state index contributed by atoms with van der Waals surface area (Å²) in [6.45, 7) is 2.10.